The maximum atomic E-state index is 12.5. The zero-order chi connectivity index (χ0) is 38.7. The monoisotopic (exact) mass is 751 g/mol. The average Bonchev–Trinajstić information content (AvgIpc) is 3.16. The van der Waals surface area contributed by atoms with Gasteiger partial charge in [-0.05, 0) is 70.8 Å². The maximum absolute atomic E-state index is 12.5. The average molecular weight is 751 g/mol. The van der Waals surface area contributed by atoms with Crippen LogP contribution in [0.5, 0.6) is 0 Å². The van der Waals surface area contributed by atoms with E-state index in [1.807, 2.05) is 0 Å². The number of ether oxygens (including phenoxy) is 3. The van der Waals surface area contributed by atoms with E-state index < -0.39 is 18.1 Å². The molecule has 0 aromatic rings. The summed E-state index contributed by atoms with van der Waals surface area (Å²) in [5, 5.41) is 9.29. The minimum atomic E-state index is -0.813. The van der Waals surface area contributed by atoms with Crippen LogP contribution >= 0.6 is 0 Å². The number of hydrogen-bond acceptors (Lipinski definition) is 6. The number of carbonyl (C=O) groups is 1. The summed E-state index contributed by atoms with van der Waals surface area (Å²) in [7, 11) is 0. The van der Waals surface area contributed by atoms with Gasteiger partial charge in [0.05, 0.1) is 19.8 Å². The molecule has 0 aliphatic heterocycles. The topological polar surface area (TPSA) is 94.2 Å². The molecule has 1 amide bonds. The van der Waals surface area contributed by atoms with E-state index in [0.29, 0.717) is 26.4 Å². The molecule has 3 N–H and O–H groups in total. The number of nitrogens with two attached hydrogens (primary N) is 1. The van der Waals surface area contributed by atoms with Gasteiger partial charge in [-0.15, -0.1) is 0 Å². The highest BCUT2D eigenvalue weighted by Gasteiger charge is 2.28. The molecule has 2 atom stereocenters. The van der Waals surface area contributed by atoms with E-state index in [4.69, 9.17) is 19.9 Å². The van der Waals surface area contributed by atoms with Crippen molar-refractivity contribution in [2.24, 2.45) is 5.73 Å². The fourth-order valence-corrected chi connectivity index (χ4v) is 6.70. The van der Waals surface area contributed by atoms with Crippen LogP contribution in [0.3, 0.4) is 0 Å². The predicted molar refractivity (Wildman–Crippen MR) is 228 cm³/mol. The second-order valence-corrected chi connectivity index (χ2v) is 15.2. The van der Waals surface area contributed by atoms with Gasteiger partial charge in [-0.2, -0.15) is 0 Å². The number of rotatable bonds is 44. The summed E-state index contributed by atoms with van der Waals surface area (Å²) in [5.74, 6) is -0.486. The molecule has 0 fully saturated rings. The summed E-state index contributed by atoms with van der Waals surface area (Å²) in [5.41, 5.74) is 5.84. The molecule has 0 spiro atoms. The van der Waals surface area contributed by atoms with Gasteiger partial charge in [0.2, 0.25) is 5.91 Å². The van der Waals surface area contributed by atoms with Crippen molar-refractivity contribution in [3.05, 3.63) is 24.3 Å². The van der Waals surface area contributed by atoms with Crippen molar-refractivity contribution in [1.29, 1.82) is 0 Å². The van der Waals surface area contributed by atoms with Crippen molar-refractivity contribution < 1.29 is 24.1 Å². The van der Waals surface area contributed by atoms with Crippen LogP contribution in [0, 0.1) is 0 Å². The van der Waals surface area contributed by atoms with Crippen LogP contribution in [0.2, 0.25) is 0 Å². The number of unbranched alkanes of at least 4 members (excludes halogenated alkanes) is 24. The number of carbonyl (C=O) groups excluding carboxylic acids is 1. The Morgan fingerprint density at radius 2 is 0.943 bits per heavy atom. The molecule has 0 saturated heterocycles. The molecule has 53 heavy (non-hydrogen) atoms. The first-order valence-electron chi connectivity index (χ1n) is 22.8. The number of aliphatic hydroxyl groups is 1. The third-order valence-corrected chi connectivity index (χ3v) is 10.3. The highest BCUT2D eigenvalue weighted by molar-refractivity contribution is 5.79. The van der Waals surface area contributed by atoms with Gasteiger partial charge in [0.25, 0.3) is 0 Å². The van der Waals surface area contributed by atoms with E-state index in [-0.39, 0.29) is 13.2 Å². The van der Waals surface area contributed by atoms with Crippen molar-refractivity contribution in [2.45, 2.75) is 213 Å². The van der Waals surface area contributed by atoms with Crippen molar-refractivity contribution >= 4 is 5.91 Å². The molecule has 0 radical (unpaired) electrons. The Hall–Kier alpha value is -1.25. The quantitative estimate of drug-likeness (QED) is 0.0476. The first kappa shape index (κ1) is 51.8. The van der Waals surface area contributed by atoms with Crippen LogP contribution in [0.15, 0.2) is 24.3 Å². The van der Waals surface area contributed by atoms with Gasteiger partial charge < -0.3 is 25.1 Å². The molecule has 2 unspecified atom stereocenters. The van der Waals surface area contributed by atoms with Gasteiger partial charge in [-0.25, -0.2) is 0 Å². The number of amides is 1. The molecule has 0 aromatic heterocycles. The molecule has 0 heterocycles. The van der Waals surface area contributed by atoms with Crippen LogP contribution in [0.4, 0.5) is 0 Å². The molecule has 0 aliphatic carbocycles. The smallest absolute Gasteiger partial charge is 0.249 e. The van der Waals surface area contributed by atoms with Crippen LogP contribution in [0.1, 0.15) is 201 Å². The third kappa shape index (κ3) is 37.5. The molecular formula is C46H90N2O5. The molecule has 0 aliphatic rings. The van der Waals surface area contributed by atoms with Gasteiger partial charge in [0.15, 0.2) is 6.10 Å². The van der Waals surface area contributed by atoms with Crippen molar-refractivity contribution in [3.63, 3.8) is 0 Å². The van der Waals surface area contributed by atoms with Crippen LogP contribution in [-0.2, 0) is 19.0 Å². The van der Waals surface area contributed by atoms with Gasteiger partial charge in [0, 0.05) is 26.3 Å². The van der Waals surface area contributed by atoms with E-state index in [0.717, 1.165) is 38.8 Å². The standard InChI is InChI=1S/C46H90N2O5/c1-4-7-9-11-13-15-17-19-21-23-25-27-29-31-33-35-40-52-44(43-51-42-38-48(6-3)37-39-49)45(46(47)50)53-41-36-34-32-30-28-26-24-22-20-18-16-14-12-10-8-5-2/h19-22,44-45,49H,4-18,23-43H2,1-3H3,(H2,47,50)/b21-19-,22-20-. The number of allylic oxidation sites excluding steroid dienone is 4. The second kappa shape index (κ2) is 43.5. The highest BCUT2D eigenvalue weighted by Crippen LogP contribution is 2.14. The lowest BCUT2D eigenvalue weighted by atomic mass is 10.1. The van der Waals surface area contributed by atoms with Crippen LogP contribution < -0.4 is 5.73 Å². The largest absolute Gasteiger partial charge is 0.395 e. The normalized spacial score (nSPS) is 13.2. The third-order valence-electron chi connectivity index (χ3n) is 10.3. The summed E-state index contributed by atoms with van der Waals surface area (Å²) in [6.45, 7) is 10.8. The Bertz CT molecular complexity index is 792. The van der Waals surface area contributed by atoms with E-state index in [1.165, 1.54) is 154 Å². The van der Waals surface area contributed by atoms with E-state index in [1.54, 1.807) is 0 Å². The van der Waals surface area contributed by atoms with Crippen LogP contribution in [0.25, 0.3) is 0 Å². The molecular weight excluding hydrogens is 661 g/mol. The summed E-state index contributed by atoms with van der Waals surface area (Å²) in [6.07, 6.45) is 43.5. The van der Waals surface area contributed by atoms with Crippen molar-refractivity contribution in [3.8, 4) is 0 Å². The molecule has 0 bridgehead atoms. The molecule has 314 valence electrons. The molecule has 0 rings (SSSR count). The Balaban J connectivity index is 4.31. The number of nitrogens with zero attached hydrogens (tertiary/aromatic N) is 1. The zero-order valence-corrected chi connectivity index (χ0v) is 35.5. The van der Waals surface area contributed by atoms with Gasteiger partial charge in [-0.1, -0.05) is 161 Å². The maximum Gasteiger partial charge on any atom is 0.249 e. The van der Waals surface area contributed by atoms with Crippen molar-refractivity contribution in [1.82, 2.24) is 4.90 Å². The van der Waals surface area contributed by atoms with E-state index in [9.17, 15) is 9.90 Å². The Labute approximate surface area is 329 Å². The first-order valence-corrected chi connectivity index (χ1v) is 22.8. The van der Waals surface area contributed by atoms with Gasteiger partial charge in [0.1, 0.15) is 6.10 Å². The Morgan fingerprint density at radius 1 is 0.547 bits per heavy atom. The van der Waals surface area contributed by atoms with E-state index >= 15 is 0 Å². The minimum Gasteiger partial charge on any atom is -0.395 e. The minimum absolute atomic E-state index is 0.129. The van der Waals surface area contributed by atoms with E-state index in [2.05, 4.69) is 50.0 Å². The fraction of sp³-hybridized carbons (Fsp3) is 0.891. The lowest BCUT2D eigenvalue weighted by Crippen LogP contribution is -2.45. The second-order valence-electron chi connectivity index (χ2n) is 15.2. The fourth-order valence-electron chi connectivity index (χ4n) is 6.70. The Kier molecular flexibility index (Phi) is 42.5. The number of likely N-dealkylation sites (N-methyl/N-ethyl adjacent to an activating group) is 1. The lowest BCUT2D eigenvalue weighted by molar-refractivity contribution is -0.148. The summed E-state index contributed by atoms with van der Waals surface area (Å²) in [4.78, 5) is 14.7. The molecule has 7 heteroatoms. The summed E-state index contributed by atoms with van der Waals surface area (Å²) >= 11 is 0. The lowest BCUT2D eigenvalue weighted by Gasteiger charge is -2.26. The van der Waals surface area contributed by atoms with Crippen molar-refractivity contribution in [2.75, 3.05) is 52.7 Å². The number of aliphatic hydroxyl groups excluding tert-OH is 1. The SMILES string of the molecule is CCCCCCCC/C=C\CCCCCCCCOC(COCCN(CC)CCO)C(OCCCCCCCC/C=C\CCCCCCCC)C(N)=O. The zero-order valence-electron chi connectivity index (χ0n) is 35.5. The molecule has 0 aromatic carbocycles. The molecule has 0 saturated carbocycles. The number of primary amides is 1. The van der Waals surface area contributed by atoms with Gasteiger partial charge in [-0.3, -0.25) is 9.69 Å². The number of hydrogen-bond donors (Lipinski definition) is 2. The Morgan fingerprint density at radius 3 is 1.34 bits per heavy atom. The summed E-state index contributed by atoms with van der Waals surface area (Å²) < 4.78 is 18.3. The molecule has 7 nitrogen and oxygen atoms in total. The first-order chi connectivity index (χ1) is 26.1. The van der Waals surface area contributed by atoms with Crippen LogP contribution in [-0.4, -0.2) is 80.8 Å². The highest BCUT2D eigenvalue weighted by atomic mass is 16.6. The predicted octanol–water partition coefficient (Wildman–Crippen LogP) is 11.6. The summed E-state index contributed by atoms with van der Waals surface area (Å²) in [6, 6.07) is 0. The van der Waals surface area contributed by atoms with Gasteiger partial charge >= 0.3 is 0 Å².